The van der Waals surface area contributed by atoms with Crippen molar-refractivity contribution in [3.8, 4) is 5.75 Å². The zero-order valence-electron chi connectivity index (χ0n) is 23.0. The first kappa shape index (κ1) is 26.3. The van der Waals surface area contributed by atoms with Gasteiger partial charge in [-0.05, 0) is 48.5 Å². The van der Waals surface area contributed by atoms with E-state index in [2.05, 4.69) is 64.6 Å². The van der Waals surface area contributed by atoms with Crippen molar-refractivity contribution in [2.24, 2.45) is 11.8 Å². The fraction of sp³-hybridized carbons (Fsp3) is 0.419. The molecule has 0 saturated carbocycles. The van der Waals surface area contributed by atoms with Gasteiger partial charge in [-0.15, -0.1) is 0 Å². The largest absolute Gasteiger partial charge is 0.504 e. The van der Waals surface area contributed by atoms with Gasteiger partial charge < -0.3 is 25.2 Å². The standard InChI is InChI=1S/C31H34N4O5/c1-17(29-33-18(2)28(38)27(34-29)30(39)32-15-25(36)37)31(26-19-4-5-20(26)7-6-19)22-10-12-35(13-11-22)24-9-8-23(31)14-21(24)16-40-3/h4-9,14,17,22,26,38H,10-13,15-16H2,1-3H3,(H,32,39)(H,36,37). The Morgan fingerprint density at radius 2 is 1.88 bits per heavy atom. The number of amides is 1. The average molecular weight is 543 g/mol. The molecular formula is C31H34N4O5. The predicted molar refractivity (Wildman–Crippen MR) is 149 cm³/mol. The van der Waals surface area contributed by atoms with E-state index in [0.29, 0.717) is 18.3 Å². The minimum absolute atomic E-state index is 0.0976. The van der Waals surface area contributed by atoms with Crippen molar-refractivity contribution in [1.82, 2.24) is 15.3 Å². The molecule has 3 N–H and O–H groups in total. The molecule has 2 aromatic rings. The molecule has 1 amide bonds. The van der Waals surface area contributed by atoms with E-state index in [4.69, 9.17) is 14.8 Å². The van der Waals surface area contributed by atoms with E-state index in [0.717, 1.165) is 31.5 Å². The molecule has 0 spiro atoms. The number of carbonyl (C=O) groups is 2. The number of hydrogen-bond donors (Lipinski definition) is 3. The van der Waals surface area contributed by atoms with Crippen molar-refractivity contribution < 1.29 is 24.5 Å². The van der Waals surface area contributed by atoms with Gasteiger partial charge in [0, 0.05) is 48.7 Å². The lowest BCUT2D eigenvalue weighted by Gasteiger charge is -2.51. The molecule has 1 aromatic carbocycles. The maximum atomic E-state index is 12.9. The Kier molecular flexibility index (Phi) is 6.49. The molecule has 2 unspecified atom stereocenters. The molecule has 9 rings (SSSR count). The second-order valence-electron chi connectivity index (χ2n) is 11.2. The van der Waals surface area contributed by atoms with E-state index in [9.17, 15) is 14.7 Å². The average Bonchev–Trinajstić information content (AvgIpc) is 3.58. The fourth-order valence-electron chi connectivity index (χ4n) is 7.54. The number of aryl methyl sites for hydroxylation is 1. The minimum Gasteiger partial charge on any atom is -0.504 e. The number of hydrogen-bond acceptors (Lipinski definition) is 7. The summed E-state index contributed by atoms with van der Waals surface area (Å²) in [5, 5.41) is 22.1. The van der Waals surface area contributed by atoms with E-state index in [-0.39, 0.29) is 29.0 Å². The molecule has 208 valence electrons. The smallest absolute Gasteiger partial charge is 0.322 e. The number of methoxy groups -OCH3 is 1. The highest BCUT2D eigenvalue weighted by Crippen LogP contribution is 2.61. The Labute approximate surface area is 233 Å². The van der Waals surface area contributed by atoms with Gasteiger partial charge in [-0.1, -0.05) is 43.4 Å². The molecule has 6 heterocycles. The number of aliphatic carboxylic acids is 1. The quantitative estimate of drug-likeness (QED) is 0.460. The molecule has 1 saturated heterocycles. The number of carboxylic acids is 1. The summed E-state index contributed by atoms with van der Waals surface area (Å²) >= 11 is 0. The van der Waals surface area contributed by atoms with Crippen LogP contribution < -0.4 is 10.2 Å². The second kappa shape index (κ2) is 9.89. The van der Waals surface area contributed by atoms with Crippen molar-refractivity contribution in [1.29, 1.82) is 0 Å². The number of nitrogens with zero attached hydrogens (tertiary/aromatic N) is 3. The van der Waals surface area contributed by atoms with E-state index >= 15 is 0 Å². The topological polar surface area (TPSA) is 125 Å². The van der Waals surface area contributed by atoms with Crippen molar-refractivity contribution in [3.05, 3.63) is 82.0 Å². The Hall–Kier alpha value is -3.98. The number of benzene rings is 1. The summed E-state index contributed by atoms with van der Waals surface area (Å²) in [5.41, 5.74) is 5.73. The summed E-state index contributed by atoms with van der Waals surface area (Å²) < 4.78 is 5.64. The Balaban J connectivity index is 1.56. The molecule has 9 nitrogen and oxygen atoms in total. The number of fused-ring (bicyclic) bond motifs is 2. The highest BCUT2D eigenvalue weighted by atomic mass is 16.5. The van der Waals surface area contributed by atoms with E-state index in [1.165, 1.54) is 22.4 Å². The van der Waals surface area contributed by atoms with Gasteiger partial charge in [0.15, 0.2) is 11.4 Å². The van der Waals surface area contributed by atoms with Crippen LogP contribution in [0.15, 0.2) is 53.6 Å². The molecule has 1 fully saturated rings. The number of ether oxygens (including phenoxy) is 1. The molecule has 1 aromatic heterocycles. The summed E-state index contributed by atoms with van der Waals surface area (Å²) in [4.78, 5) is 35.9. The zero-order chi connectivity index (χ0) is 28.2. The number of anilines is 1. The number of rotatable bonds is 8. The molecule has 2 atom stereocenters. The maximum absolute atomic E-state index is 12.9. The van der Waals surface area contributed by atoms with Gasteiger partial charge in [0.05, 0.1) is 12.3 Å². The highest BCUT2D eigenvalue weighted by molar-refractivity contribution is 5.96. The summed E-state index contributed by atoms with van der Waals surface area (Å²) in [5.74, 6) is -1.64. The lowest BCUT2D eigenvalue weighted by atomic mass is 9.52. The lowest BCUT2D eigenvalue weighted by molar-refractivity contribution is -0.135. The highest BCUT2D eigenvalue weighted by Gasteiger charge is 2.56. The third-order valence-electron chi connectivity index (χ3n) is 9.27. The van der Waals surface area contributed by atoms with Gasteiger partial charge in [-0.2, -0.15) is 0 Å². The Bertz CT molecular complexity index is 1460. The fourth-order valence-corrected chi connectivity index (χ4v) is 7.54. The predicted octanol–water partition coefficient (Wildman–Crippen LogP) is 3.78. The molecule has 0 radical (unpaired) electrons. The monoisotopic (exact) mass is 542 g/mol. The number of aromatic nitrogens is 2. The summed E-state index contributed by atoms with van der Waals surface area (Å²) in [6.07, 6.45) is 10.8. The van der Waals surface area contributed by atoms with Crippen LogP contribution in [0.25, 0.3) is 0 Å². The Morgan fingerprint density at radius 3 is 2.50 bits per heavy atom. The molecule has 5 aliphatic heterocycles. The molecular weight excluding hydrogens is 508 g/mol. The van der Waals surface area contributed by atoms with Gasteiger partial charge in [-0.3, -0.25) is 9.59 Å². The number of carboxylic acid groups (broad SMARTS) is 1. The van der Waals surface area contributed by atoms with Gasteiger partial charge in [0.1, 0.15) is 12.4 Å². The third-order valence-corrected chi connectivity index (χ3v) is 9.27. The normalized spacial score (nSPS) is 23.5. The third kappa shape index (κ3) is 3.94. The van der Waals surface area contributed by atoms with Gasteiger partial charge in [-0.25, -0.2) is 9.97 Å². The van der Waals surface area contributed by atoms with Gasteiger partial charge in [0.25, 0.3) is 5.91 Å². The number of nitrogens with one attached hydrogen (secondary N) is 1. The van der Waals surface area contributed by atoms with Gasteiger partial charge >= 0.3 is 5.97 Å². The molecule has 6 bridgehead atoms. The number of allylic oxidation sites excluding steroid dienone is 6. The molecule has 9 heteroatoms. The number of carbonyl (C=O) groups excluding carboxylic acids is 1. The lowest BCUT2D eigenvalue weighted by Crippen LogP contribution is -2.50. The van der Waals surface area contributed by atoms with Crippen LogP contribution in [0, 0.1) is 18.8 Å². The Morgan fingerprint density at radius 1 is 1.18 bits per heavy atom. The van der Waals surface area contributed by atoms with Crippen LogP contribution in [0.4, 0.5) is 5.69 Å². The first-order valence-electron chi connectivity index (χ1n) is 13.8. The molecule has 40 heavy (non-hydrogen) atoms. The summed E-state index contributed by atoms with van der Waals surface area (Å²) in [6.45, 7) is 5.59. The van der Waals surface area contributed by atoms with Gasteiger partial charge in [0.2, 0.25) is 0 Å². The van der Waals surface area contributed by atoms with Crippen LogP contribution in [0.5, 0.6) is 5.75 Å². The second-order valence-corrected chi connectivity index (χ2v) is 11.2. The van der Waals surface area contributed by atoms with Crippen LogP contribution in [0.3, 0.4) is 0 Å². The summed E-state index contributed by atoms with van der Waals surface area (Å²) in [6, 6.07) is 6.76. The molecule has 2 aliphatic carbocycles. The number of piperidine rings is 1. The van der Waals surface area contributed by atoms with E-state index < -0.39 is 23.8 Å². The number of aromatic hydroxyl groups is 1. The van der Waals surface area contributed by atoms with Crippen molar-refractivity contribution >= 4 is 17.6 Å². The van der Waals surface area contributed by atoms with E-state index in [1.807, 2.05) is 0 Å². The van der Waals surface area contributed by atoms with Crippen LogP contribution in [-0.4, -0.2) is 58.8 Å². The van der Waals surface area contributed by atoms with Crippen molar-refractivity contribution in [2.75, 3.05) is 31.6 Å². The van der Waals surface area contributed by atoms with Crippen LogP contribution >= 0.6 is 0 Å². The van der Waals surface area contributed by atoms with E-state index in [1.54, 1.807) is 14.0 Å². The van der Waals surface area contributed by atoms with Crippen molar-refractivity contribution in [2.45, 2.75) is 44.6 Å². The first-order chi connectivity index (χ1) is 19.2. The summed E-state index contributed by atoms with van der Waals surface area (Å²) in [7, 11) is 1.72. The van der Waals surface area contributed by atoms with Crippen LogP contribution in [-0.2, 0) is 21.6 Å². The molecule has 7 aliphatic rings. The van der Waals surface area contributed by atoms with Crippen molar-refractivity contribution in [3.63, 3.8) is 0 Å². The SMILES string of the molecule is COCc1cc2ccc1N1CCC(CC1)C2(C1C2=CC=C1C=C2)C(C)c1nc(C)c(O)c(C(=O)NCC(=O)O)n1. The zero-order valence-corrected chi connectivity index (χ0v) is 23.0. The van der Waals surface area contributed by atoms with Crippen LogP contribution in [0.1, 0.15) is 58.8 Å². The van der Waals surface area contributed by atoms with Crippen LogP contribution in [0.2, 0.25) is 0 Å². The minimum atomic E-state index is -1.18. The maximum Gasteiger partial charge on any atom is 0.322 e. The first-order valence-corrected chi connectivity index (χ1v) is 13.8.